The van der Waals surface area contributed by atoms with Gasteiger partial charge in [0.05, 0.1) is 0 Å². The van der Waals surface area contributed by atoms with Crippen molar-refractivity contribution in [3.8, 4) is 0 Å². The minimum atomic E-state index is -1.36. The summed E-state index contributed by atoms with van der Waals surface area (Å²) in [4.78, 5) is -0.213. The molecular weight excluding hydrogens is 241 g/mol. The molecule has 0 aromatic rings. The number of halogens is 4. The fraction of sp³-hybridized carbons (Fsp3) is 1.00. The zero-order valence-corrected chi connectivity index (χ0v) is 10.4. The molecular formula is C6H11AlCl4. The van der Waals surface area contributed by atoms with Crippen LogP contribution in [-0.4, -0.2) is 17.1 Å². The molecule has 0 nitrogen and oxygen atoms in total. The van der Waals surface area contributed by atoms with E-state index in [1.165, 1.54) is 0 Å². The third kappa shape index (κ3) is 11.7. The minimum absolute atomic E-state index is 0.213. The Bertz CT molecular complexity index is 76.7. The van der Waals surface area contributed by atoms with Crippen molar-refractivity contribution in [1.29, 1.82) is 0 Å². The van der Waals surface area contributed by atoms with Crippen molar-refractivity contribution in [3.05, 3.63) is 0 Å². The molecule has 0 saturated carbocycles. The second-order valence-electron chi connectivity index (χ2n) is 2.42. The highest BCUT2D eigenvalue weighted by molar-refractivity contribution is 7.33. The van der Waals surface area contributed by atoms with Crippen molar-refractivity contribution in [2.24, 2.45) is 0 Å². The molecule has 0 spiro atoms. The normalized spacial score (nSPS) is 10.6. The summed E-state index contributed by atoms with van der Waals surface area (Å²) >= 11 is 9.72. The van der Waals surface area contributed by atoms with Gasteiger partial charge in [-0.1, -0.05) is 24.5 Å². The molecule has 0 aliphatic carbocycles. The van der Waals surface area contributed by atoms with E-state index in [9.17, 15) is 0 Å². The van der Waals surface area contributed by atoms with E-state index < -0.39 is 12.3 Å². The Labute approximate surface area is 90.9 Å². The second kappa shape index (κ2) is 8.30. The van der Waals surface area contributed by atoms with Gasteiger partial charge in [0.2, 0.25) is 0 Å². The summed E-state index contributed by atoms with van der Waals surface area (Å²) in [6.45, 7) is 0. The van der Waals surface area contributed by atoms with E-state index >= 15 is 0 Å². The van der Waals surface area contributed by atoms with Crippen LogP contribution in [-0.2, 0) is 0 Å². The number of hydrogen-bond donors (Lipinski definition) is 0. The number of alkyl halides is 2. The molecule has 0 unspecified atom stereocenters. The van der Waals surface area contributed by atoms with Crippen LogP contribution in [0.15, 0.2) is 0 Å². The molecule has 0 aromatic heterocycles. The van der Waals surface area contributed by atoms with E-state index in [1.807, 2.05) is 0 Å². The van der Waals surface area contributed by atoms with E-state index in [0.717, 1.165) is 31.0 Å². The van der Waals surface area contributed by atoms with Gasteiger partial charge in [0.1, 0.15) is 4.84 Å². The molecule has 11 heavy (non-hydrogen) atoms. The highest BCUT2D eigenvalue weighted by Crippen LogP contribution is 2.15. The maximum absolute atomic E-state index is 5.67. The first-order valence-corrected chi connectivity index (χ1v) is 8.87. The largest absolute Gasteiger partial charge is 0.519 e. The van der Waals surface area contributed by atoms with Crippen LogP contribution in [0, 0.1) is 0 Å². The van der Waals surface area contributed by atoms with E-state index in [-0.39, 0.29) is 4.84 Å². The summed E-state index contributed by atoms with van der Waals surface area (Å²) in [6.07, 6.45) is 4.20. The molecule has 5 heteroatoms. The van der Waals surface area contributed by atoms with Crippen LogP contribution in [0.2, 0.25) is 5.28 Å². The van der Waals surface area contributed by atoms with Crippen LogP contribution in [0.25, 0.3) is 0 Å². The van der Waals surface area contributed by atoms with Gasteiger partial charge < -0.3 is 0 Å². The van der Waals surface area contributed by atoms with Crippen molar-refractivity contribution in [2.75, 3.05) is 0 Å². The van der Waals surface area contributed by atoms with Gasteiger partial charge in [0, 0.05) is 0 Å². The predicted octanol–water partition coefficient (Wildman–Crippen LogP) is 4.32. The average molecular weight is 252 g/mol. The Hall–Kier alpha value is 1.69. The highest BCUT2D eigenvalue weighted by Gasteiger charge is 2.09. The van der Waals surface area contributed by atoms with Crippen LogP contribution < -0.4 is 0 Å². The van der Waals surface area contributed by atoms with Gasteiger partial charge in [0.15, 0.2) is 0 Å². The third-order valence-corrected chi connectivity index (χ3v) is 3.94. The Morgan fingerprint density at radius 1 is 1.00 bits per heavy atom. The smallest absolute Gasteiger partial charge is 0.234 e. The number of hydrogen-bond acceptors (Lipinski definition) is 0. The summed E-state index contributed by atoms with van der Waals surface area (Å²) in [5, 5.41) is 0.998. The van der Waals surface area contributed by atoms with Crippen LogP contribution in [0.1, 0.15) is 25.7 Å². The lowest BCUT2D eigenvalue weighted by molar-refractivity contribution is 0.691. The summed E-state index contributed by atoms with van der Waals surface area (Å²) in [5.41, 5.74) is 0. The predicted molar refractivity (Wildman–Crippen MR) is 56.2 cm³/mol. The van der Waals surface area contributed by atoms with Crippen molar-refractivity contribution >= 4 is 55.6 Å². The first-order valence-electron chi connectivity index (χ1n) is 3.69. The molecule has 66 valence electrons. The van der Waals surface area contributed by atoms with Gasteiger partial charge in [0.25, 0.3) is 0 Å². The number of rotatable bonds is 6. The van der Waals surface area contributed by atoms with E-state index in [4.69, 9.17) is 43.3 Å². The van der Waals surface area contributed by atoms with Gasteiger partial charge in [-0.15, -0.1) is 23.2 Å². The van der Waals surface area contributed by atoms with E-state index in [0.29, 0.717) is 0 Å². The minimum Gasteiger partial charge on any atom is -0.234 e. The van der Waals surface area contributed by atoms with Crippen molar-refractivity contribution < 1.29 is 0 Å². The van der Waals surface area contributed by atoms with Gasteiger partial charge in [-0.05, 0) is 6.42 Å². The fourth-order valence-electron chi connectivity index (χ4n) is 0.774. The van der Waals surface area contributed by atoms with Gasteiger partial charge >= 0.3 is 12.3 Å². The molecule has 0 N–H and O–H groups in total. The Balaban J connectivity index is 2.91. The summed E-state index contributed by atoms with van der Waals surface area (Å²) < 4.78 is 0. The average Bonchev–Trinajstić information content (AvgIpc) is 1.85. The zero-order chi connectivity index (χ0) is 8.69. The molecule has 0 rings (SSSR count). The standard InChI is InChI=1S/C6H11Cl2.Al.2ClH/c1-2-3-4-5-6(7)8;;;/h6H,1-5H2;;2*1H/q;+2;;/p-2. The molecule has 0 aliphatic rings. The lowest BCUT2D eigenvalue weighted by atomic mass is 10.2. The topological polar surface area (TPSA) is 0 Å². The van der Waals surface area contributed by atoms with Crippen molar-refractivity contribution in [1.82, 2.24) is 0 Å². The van der Waals surface area contributed by atoms with Crippen molar-refractivity contribution in [2.45, 2.75) is 35.8 Å². The van der Waals surface area contributed by atoms with Gasteiger partial charge in [-0.2, -0.15) is 0 Å². The summed E-state index contributed by atoms with van der Waals surface area (Å²) in [5.74, 6) is 0. The van der Waals surface area contributed by atoms with Crippen LogP contribution >= 0.6 is 43.3 Å². The van der Waals surface area contributed by atoms with Crippen molar-refractivity contribution in [3.63, 3.8) is 0 Å². The lowest BCUT2D eigenvalue weighted by Crippen LogP contribution is -1.92. The maximum Gasteiger partial charge on any atom is 0.519 e. The molecule has 0 atom stereocenters. The molecule has 0 aromatic carbocycles. The molecule has 0 saturated heterocycles. The first-order chi connectivity index (χ1) is 5.13. The Morgan fingerprint density at radius 2 is 1.64 bits per heavy atom. The van der Waals surface area contributed by atoms with Crippen LogP contribution in [0.3, 0.4) is 0 Å². The zero-order valence-electron chi connectivity index (χ0n) is 6.20. The lowest BCUT2D eigenvalue weighted by Gasteiger charge is -2.00. The third-order valence-electron chi connectivity index (χ3n) is 1.34. The SMILES string of the molecule is ClC(Cl)CCCC[CH2][Al]([Cl])[Cl]. The molecule has 0 radical (unpaired) electrons. The quantitative estimate of drug-likeness (QED) is 0.375. The van der Waals surface area contributed by atoms with Gasteiger partial charge in [-0.3, -0.25) is 0 Å². The van der Waals surface area contributed by atoms with Crippen LogP contribution in [0.5, 0.6) is 0 Å². The molecule has 0 heterocycles. The van der Waals surface area contributed by atoms with Crippen LogP contribution in [0.4, 0.5) is 0 Å². The van der Waals surface area contributed by atoms with E-state index in [2.05, 4.69) is 0 Å². The Morgan fingerprint density at radius 3 is 2.09 bits per heavy atom. The monoisotopic (exact) mass is 250 g/mol. The summed E-state index contributed by atoms with van der Waals surface area (Å²) in [7, 11) is 11.3. The molecule has 0 fully saturated rings. The molecule has 0 aliphatic heterocycles. The molecule has 0 amide bonds. The van der Waals surface area contributed by atoms with Gasteiger partial charge in [-0.25, -0.2) is 20.1 Å². The highest BCUT2D eigenvalue weighted by atomic mass is 35.7. The van der Waals surface area contributed by atoms with E-state index in [1.54, 1.807) is 0 Å². The first kappa shape index (κ1) is 12.7. The molecule has 0 bridgehead atoms. The fourth-order valence-corrected chi connectivity index (χ4v) is 2.61. The Kier molecular flexibility index (Phi) is 9.57. The summed E-state index contributed by atoms with van der Waals surface area (Å²) in [6, 6.07) is 0. The number of unbranched alkanes of at least 4 members (excludes halogenated alkanes) is 2. The second-order valence-corrected chi connectivity index (χ2v) is 8.89. The maximum atomic E-state index is 5.67.